The molecule has 1 aromatic heterocycles. The Labute approximate surface area is 305 Å². The second kappa shape index (κ2) is 12.8. The zero-order chi connectivity index (χ0) is 41.1. The second-order valence-corrected chi connectivity index (χ2v) is 11.9. The highest BCUT2D eigenvalue weighted by molar-refractivity contribution is 6.17. The molecule has 0 spiro atoms. The van der Waals surface area contributed by atoms with Crippen molar-refractivity contribution < 1.29 is 12.3 Å². The molecule has 236 valence electrons. The molecule has 9 rings (SSSR count). The standard InChI is InChI=1S/C48H34N2/c1-4-15-35(16-5-1)36-27-29-37(30-28-36)38-31-33-41(34-32-38)49(39-17-6-2-7-18-39)45-24-12-10-21-42(45)43-23-14-26-47-48(43)44-22-11-13-25-46(44)50(47)40-19-8-3-9-20-40/h1-34H/i2D,6D,7D,17D,18D,31D,32D,33D,34D. The number of aromatic nitrogens is 1. The first kappa shape index (κ1) is 21.4. The summed E-state index contributed by atoms with van der Waals surface area (Å²) in [6.07, 6.45) is 0. The van der Waals surface area contributed by atoms with Crippen molar-refractivity contribution >= 4 is 38.9 Å². The molecule has 9 aromatic rings. The van der Waals surface area contributed by atoms with Crippen molar-refractivity contribution in [2.24, 2.45) is 0 Å². The molecule has 0 saturated carbocycles. The molecule has 0 aliphatic rings. The fraction of sp³-hybridized carbons (Fsp3) is 0. The van der Waals surface area contributed by atoms with Gasteiger partial charge in [0, 0.05) is 33.4 Å². The van der Waals surface area contributed by atoms with Crippen LogP contribution in [0.1, 0.15) is 12.3 Å². The first-order chi connectivity index (χ1) is 28.6. The molecule has 8 aromatic carbocycles. The number of nitrogens with zero attached hydrogens (tertiary/aromatic N) is 2. The van der Waals surface area contributed by atoms with E-state index >= 15 is 0 Å². The van der Waals surface area contributed by atoms with Crippen LogP contribution in [0.5, 0.6) is 0 Å². The maximum Gasteiger partial charge on any atom is 0.0645 e. The van der Waals surface area contributed by atoms with E-state index in [1.807, 2.05) is 121 Å². The molecule has 0 atom stereocenters. The van der Waals surface area contributed by atoms with Gasteiger partial charge in [0.1, 0.15) is 0 Å². The van der Waals surface area contributed by atoms with Crippen molar-refractivity contribution in [2.75, 3.05) is 4.90 Å². The van der Waals surface area contributed by atoms with Crippen LogP contribution in [0.4, 0.5) is 17.1 Å². The summed E-state index contributed by atoms with van der Waals surface area (Å²) in [5.41, 5.74) is 6.38. The highest BCUT2D eigenvalue weighted by atomic mass is 15.1. The lowest BCUT2D eigenvalue weighted by Crippen LogP contribution is -2.11. The summed E-state index contributed by atoms with van der Waals surface area (Å²) >= 11 is 0. The molecule has 2 heteroatoms. The minimum Gasteiger partial charge on any atom is -0.310 e. The summed E-state index contributed by atoms with van der Waals surface area (Å²) < 4.78 is 84.0. The molecule has 1 heterocycles. The quantitative estimate of drug-likeness (QED) is 0.167. The van der Waals surface area contributed by atoms with Crippen LogP contribution in [-0.2, 0) is 0 Å². The van der Waals surface area contributed by atoms with E-state index in [-0.39, 0.29) is 29.0 Å². The fourth-order valence-corrected chi connectivity index (χ4v) is 6.73. The third-order valence-electron chi connectivity index (χ3n) is 8.97. The molecule has 0 aliphatic heterocycles. The van der Waals surface area contributed by atoms with Gasteiger partial charge in [0.05, 0.1) is 29.1 Å². The molecule has 0 amide bonds. The highest BCUT2D eigenvalue weighted by Crippen LogP contribution is 2.45. The third-order valence-corrected chi connectivity index (χ3v) is 8.97. The number of hydrogen-bond acceptors (Lipinski definition) is 1. The van der Waals surface area contributed by atoms with Gasteiger partial charge in [-0.3, -0.25) is 0 Å². The Morgan fingerprint density at radius 3 is 1.72 bits per heavy atom. The van der Waals surface area contributed by atoms with E-state index in [1.54, 1.807) is 24.3 Å². The van der Waals surface area contributed by atoms with E-state index in [9.17, 15) is 5.48 Å². The van der Waals surface area contributed by atoms with E-state index < -0.39 is 42.3 Å². The van der Waals surface area contributed by atoms with Gasteiger partial charge in [-0.25, -0.2) is 0 Å². The van der Waals surface area contributed by atoms with Gasteiger partial charge >= 0.3 is 0 Å². The van der Waals surface area contributed by atoms with Gasteiger partial charge in [0.15, 0.2) is 0 Å². The van der Waals surface area contributed by atoms with Gasteiger partial charge in [0.25, 0.3) is 0 Å². The van der Waals surface area contributed by atoms with Crippen LogP contribution in [0.25, 0.3) is 60.9 Å². The Hall–Kier alpha value is -6.64. The van der Waals surface area contributed by atoms with Crippen molar-refractivity contribution in [1.29, 1.82) is 0 Å². The number of anilines is 3. The number of benzene rings is 8. The molecule has 0 radical (unpaired) electrons. The monoisotopic (exact) mass is 647 g/mol. The summed E-state index contributed by atoms with van der Waals surface area (Å²) in [5.74, 6) is 0. The Bertz CT molecular complexity index is 3030. The van der Waals surface area contributed by atoms with Crippen molar-refractivity contribution in [2.45, 2.75) is 0 Å². The summed E-state index contributed by atoms with van der Waals surface area (Å²) in [6.45, 7) is 0. The molecule has 0 fully saturated rings. The Morgan fingerprint density at radius 2 is 0.960 bits per heavy atom. The molecule has 0 saturated heterocycles. The molecule has 50 heavy (non-hydrogen) atoms. The van der Waals surface area contributed by atoms with E-state index in [1.165, 1.54) is 4.90 Å². The van der Waals surface area contributed by atoms with Gasteiger partial charge < -0.3 is 9.47 Å². The lowest BCUT2D eigenvalue weighted by atomic mass is 9.96. The van der Waals surface area contributed by atoms with E-state index in [2.05, 4.69) is 10.6 Å². The summed E-state index contributed by atoms with van der Waals surface area (Å²) in [5, 5.41) is 1.85. The molecule has 2 nitrogen and oxygen atoms in total. The van der Waals surface area contributed by atoms with Crippen LogP contribution in [0.2, 0.25) is 0 Å². The molecular formula is C48H34N2. The van der Waals surface area contributed by atoms with Crippen LogP contribution >= 0.6 is 0 Å². The molecule has 0 N–H and O–H groups in total. The van der Waals surface area contributed by atoms with Crippen LogP contribution in [-0.4, -0.2) is 4.57 Å². The van der Waals surface area contributed by atoms with Gasteiger partial charge in [-0.05, 0) is 82.3 Å². The number of rotatable bonds is 7. The van der Waals surface area contributed by atoms with E-state index in [0.717, 1.165) is 44.2 Å². The first-order valence-corrected chi connectivity index (χ1v) is 16.4. The Kier molecular flexibility index (Phi) is 5.45. The zero-order valence-electron chi connectivity index (χ0n) is 35.8. The molecule has 0 bridgehead atoms. The number of fused-ring (bicyclic) bond motifs is 3. The topological polar surface area (TPSA) is 8.17 Å². The lowest BCUT2D eigenvalue weighted by Gasteiger charge is -2.28. The van der Waals surface area contributed by atoms with Crippen LogP contribution in [0, 0.1) is 0 Å². The van der Waals surface area contributed by atoms with Gasteiger partial charge in [-0.15, -0.1) is 0 Å². The van der Waals surface area contributed by atoms with Crippen LogP contribution in [0.3, 0.4) is 0 Å². The van der Waals surface area contributed by atoms with Crippen LogP contribution in [0.15, 0.2) is 206 Å². The van der Waals surface area contributed by atoms with Crippen molar-refractivity contribution in [3.8, 4) is 39.1 Å². The minimum atomic E-state index is -0.595. The van der Waals surface area contributed by atoms with E-state index in [4.69, 9.17) is 6.85 Å². The third kappa shape index (κ3) is 5.24. The van der Waals surface area contributed by atoms with Crippen molar-refractivity contribution in [3.63, 3.8) is 0 Å². The number of para-hydroxylation sites is 4. The minimum absolute atomic E-state index is 0.0798. The summed E-state index contributed by atoms with van der Waals surface area (Å²) in [6, 6.07) is 43.8. The van der Waals surface area contributed by atoms with Gasteiger partial charge in [-0.2, -0.15) is 0 Å². The maximum atomic E-state index is 9.54. The largest absolute Gasteiger partial charge is 0.310 e. The van der Waals surface area contributed by atoms with Crippen molar-refractivity contribution in [1.82, 2.24) is 4.57 Å². The second-order valence-electron chi connectivity index (χ2n) is 11.9. The average molecular weight is 648 g/mol. The zero-order valence-corrected chi connectivity index (χ0v) is 26.8. The molecule has 0 unspecified atom stereocenters. The SMILES string of the molecule is [2H]c1c([2H])c([2H])c(N(c2ccccc2-c2cccc3c2c2ccccc2n3-c2ccccc2)c2c([2H])c([2H])c(-c3ccc(-c4ccccc4)cc3)c([2H])c2[2H])c([2H])c1[2H]. The summed E-state index contributed by atoms with van der Waals surface area (Å²) in [4.78, 5) is 1.31. The smallest absolute Gasteiger partial charge is 0.0645 e. The Balaban J connectivity index is 1.32. The summed E-state index contributed by atoms with van der Waals surface area (Å²) in [7, 11) is 0. The predicted octanol–water partition coefficient (Wildman–Crippen LogP) is 13.3. The molecule has 0 aliphatic carbocycles. The van der Waals surface area contributed by atoms with Crippen LogP contribution < -0.4 is 4.90 Å². The van der Waals surface area contributed by atoms with Gasteiger partial charge in [-0.1, -0.05) is 152 Å². The average Bonchev–Trinajstić information content (AvgIpc) is 3.62. The normalized spacial score (nSPS) is 13.7. The number of hydrogen-bond donors (Lipinski definition) is 0. The first-order valence-electron chi connectivity index (χ1n) is 20.9. The maximum absolute atomic E-state index is 9.54. The lowest BCUT2D eigenvalue weighted by molar-refractivity contribution is 1.18. The predicted molar refractivity (Wildman–Crippen MR) is 212 cm³/mol. The fourth-order valence-electron chi connectivity index (χ4n) is 6.73. The van der Waals surface area contributed by atoms with Crippen molar-refractivity contribution in [3.05, 3.63) is 206 Å². The van der Waals surface area contributed by atoms with E-state index in [0.29, 0.717) is 16.8 Å². The highest BCUT2D eigenvalue weighted by Gasteiger charge is 2.21. The Morgan fingerprint density at radius 1 is 0.400 bits per heavy atom. The molecular weight excluding hydrogens is 605 g/mol. The van der Waals surface area contributed by atoms with Gasteiger partial charge in [0.2, 0.25) is 0 Å².